The van der Waals surface area contributed by atoms with Gasteiger partial charge in [0.25, 0.3) is 0 Å². The zero-order valence-electron chi connectivity index (χ0n) is 15.2. The fourth-order valence-corrected chi connectivity index (χ4v) is 3.04. The third-order valence-corrected chi connectivity index (χ3v) is 4.58. The number of nitrogens with zero attached hydrogens (tertiary/aromatic N) is 3. The second-order valence-electron chi connectivity index (χ2n) is 6.34. The Bertz CT molecular complexity index is 740. The Morgan fingerprint density at radius 2 is 2.04 bits per heavy atom. The number of aromatic nitrogens is 2. The number of rotatable bonds is 6. The molecule has 144 valence electrons. The second kappa shape index (κ2) is 9.41. The number of piperidine rings is 1. The van der Waals surface area contributed by atoms with E-state index in [1.807, 2.05) is 24.3 Å². The molecule has 27 heavy (non-hydrogen) atoms. The summed E-state index contributed by atoms with van der Waals surface area (Å²) >= 11 is 5.78. The molecule has 1 aliphatic rings. The van der Waals surface area contributed by atoms with Crippen molar-refractivity contribution < 1.29 is 14.3 Å². The van der Waals surface area contributed by atoms with E-state index in [1.165, 1.54) is 12.4 Å². The minimum atomic E-state index is -0.118. The molecule has 1 aromatic carbocycles. The van der Waals surface area contributed by atoms with Crippen molar-refractivity contribution in [1.82, 2.24) is 20.2 Å². The second-order valence-corrected chi connectivity index (χ2v) is 6.78. The Morgan fingerprint density at radius 1 is 1.30 bits per heavy atom. The summed E-state index contributed by atoms with van der Waals surface area (Å²) < 4.78 is 10.9. The van der Waals surface area contributed by atoms with Crippen molar-refractivity contribution in [3.05, 3.63) is 47.2 Å². The number of halogens is 1. The van der Waals surface area contributed by atoms with Crippen LogP contribution in [0.5, 0.6) is 11.8 Å². The molecule has 7 nitrogen and oxygen atoms in total. The van der Waals surface area contributed by atoms with Gasteiger partial charge in [0.05, 0.1) is 31.1 Å². The van der Waals surface area contributed by atoms with E-state index < -0.39 is 0 Å². The first-order valence-corrected chi connectivity index (χ1v) is 9.32. The zero-order chi connectivity index (χ0) is 19.1. The summed E-state index contributed by atoms with van der Waals surface area (Å²) in [6.45, 7) is 1.81. The highest BCUT2D eigenvalue weighted by molar-refractivity contribution is 6.30. The summed E-state index contributed by atoms with van der Waals surface area (Å²) in [7, 11) is 1.64. The van der Waals surface area contributed by atoms with Gasteiger partial charge in [-0.3, -0.25) is 0 Å². The van der Waals surface area contributed by atoms with Gasteiger partial charge in [0.2, 0.25) is 0 Å². The van der Waals surface area contributed by atoms with Crippen LogP contribution in [0.4, 0.5) is 4.79 Å². The van der Waals surface area contributed by atoms with Crippen LogP contribution in [-0.4, -0.2) is 53.7 Å². The average molecular weight is 391 g/mol. The highest BCUT2D eigenvalue weighted by Gasteiger charge is 2.25. The Hall–Kier alpha value is -2.54. The standard InChI is InChI=1S/C19H23ClN4O3/c1-26-16-6-4-14(5-7-16)8-9-21-19(25)24-10-2-3-17(13-24)27-18-22-11-15(20)12-23-18/h4-7,11-12,17H,2-3,8-10,13H2,1H3,(H,21,25). The normalized spacial score (nSPS) is 16.7. The number of carbonyl (C=O) groups excluding carboxylic acids is 1. The summed E-state index contributed by atoms with van der Waals surface area (Å²) in [5, 5.41) is 3.43. The van der Waals surface area contributed by atoms with Gasteiger partial charge in [-0.1, -0.05) is 23.7 Å². The molecule has 0 bridgehead atoms. The highest BCUT2D eigenvalue weighted by atomic mass is 35.5. The smallest absolute Gasteiger partial charge is 0.317 e. The monoisotopic (exact) mass is 390 g/mol. The van der Waals surface area contributed by atoms with E-state index in [1.54, 1.807) is 12.0 Å². The molecule has 8 heteroatoms. The predicted octanol–water partition coefficient (Wildman–Crippen LogP) is 2.93. The first-order valence-electron chi connectivity index (χ1n) is 8.94. The topological polar surface area (TPSA) is 76.6 Å². The molecule has 1 saturated heterocycles. The van der Waals surface area contributed by atoms with Crippen molar-refractivity contribution in [2.24, 2.45) is 0 Å². The van der Waals surface area contributed by atoms with E-state index in [2.05, 4.69) is 15.3 Å². The summed E-state index contributed by atoms with van der Waals surface area (Å²) in [5.74, 6) is 0.826. The number of benzene rings is 1. The third kappa shape index (κ3) is 5.72. The minimum absolute atomic E-state index is 0.0752. The molecule has 1 aromatic heterocycles. The first kappa shape index (κ1) is 19.2. The minimum Gasteiger partial charge on any atom is -0.497 e. The predicted molar refractivity (Wildman–Crippen MR) is 102 cm³/mol. The third-order valence-electron chi connectivity index (χ3n) is 4.38. The number of hydrogen-bond donors (Lipinski definition) is 1. The average Bonchev–Trinajstić information content (AvgIpc) is 2.70. The quantitative estimate of drug-likeness (QED) is 0.820. The van der Waals surface area contributed by atoms with Crippen LogP contribution in [0.25, 0.3) is 0 Å². The van der Waals surface area contributed by atoms with Crippen LogP contribution in [0.1, 0.15) is 18.4 Å². The van der Waals surface area contributed by atoms with Crippen molar-refractivity contribution >= 4 is 17.6 Å². The molecule has 1 atom stereocenters. The van der Waals surface area contributed by atoms with Gasteiger partial charge in [-0.05, 0) is 37.0 Å². The molecule has 2 heterocycles. The number of hydrogen-bond acceptors (Lipinski definition) is 5. The Morgan fingerprint density at radius 3 is 2.74 bits per heavy atom. The van der Waals surface area contributed by atoms with Gasteiger partial charge in [0, 0.05) is 13.1 Å². The van der Waals surface area contributed by atoms with E-state index >= 15 is 0 Å². The number of likely N-dealkylation sites (tertiary alicyclic amines) is 1. The van der Waals surface area contributed by atoms with Gasteiger partial charge < -0.3 is 19.7 Å². The van der Waals surface area contributed by atoms with E-state index in [0.717, 1.165) is 37.1 Å². The molecule has 1 aliphatic heterocycles. The lowest BCUT2D eigenvalue weighted by molar-refractivity contribution is 0.0940. The molecule has 2 aromatic rings. The van der Waals surface area contributed by atoms with Crippen molar-refractivity contribution in [2.75, 3.05) is 26.7 Å². The molecule has 0 saturated carbocycles. The van der Waals surface area contributed by atoms with Crippen molar-refractivity contribution in [2.45, 2.75) is 25.4 Å². The largest absolute Gasteiger partial charge is 0.497 e. The van der Waals surface area contributed by atoms with Gasteiger partial charge in [0.15, 0.2) is 0 Å². The van der Waals surface area contributed by atoms with E-state index in [-0.39, 0.29) is 18.1 Å². The maximum atomic E-state index is 12.4. The molecule has 1 unspecified atom stereocenters. The van der Waals surface area contributed by atoms with E-state index in [9.17, 15) is 4.79 Å². The van der Waals surface area contributed by atoms with Crippen LogP contribution in [0.15, 0.2) is 36.7 Å². The molecule has 2 amide bonds. The van der Waals surface area contributed by atoms with Gasteiger partial charge in [-0.2, -0.15) is 0 Å². The summed E-state index contributed by atoms with van der Waals surface area (Å²) in [6.07, 6.45) is 5.38. The summed E-state index contributed by atoms with van der Waals surface area (Å²) in [6, 6.07) is 8.05. The van der Waals surface area contributed by atoms with Crippen LogP contribution in [-0.2, 0) is 6.42 Å². The van der Waals surface area contributed by atoms with Gasteiger partial charge >= 0.3 is 12.0 Å². The zero-order valence-corrected chi connectivity index (χ0v) is 16.0. The van der Waals surface area contributed by atoms with Gasteiger partial charge in [-0.15, -0.1) is 0 Å². The molecule has 1 N–H and O–H groups in total. The summed E-state index contributed by atoms with van der Waals surface area (Å²) in [5.41, 5.74) is 1.15. The van der Waals surface area contributed by atoms with Crippen LogP contribution < -0.4 is 14.8 Å². The van der Waals surface area contributed by atoms with Crippen LogP contribution in [0.3, 0.4) is 0 Å². The van der Waals surface area contributed by atoms with Crippen LogP contribution >= 0.6 is 11.6 Å². The molecule has 3 rings (SSSR count). The number of methoxy groups -OCH3 is 1. The highest BCUT2D eigenvalue weighted by Crippen LogP contribution is 2.16. The fraction of sp³-hybridized carbons (Fsp3) is 0.421. The van der Waals surface area contributed by atoms with Crippen LogP contribution in [0.2, 0.25) is 5.02 Å². The maximum Gasteiger partial charge on any atom is 0.317 e. The maximum absolute atomic E-state index is 12.4. The van der Waals surface area contributed by atoms with Crippen LogP contribution in [0, 0.1) is 0 Å². The summed E-state index contributed by atoms with van der Waals surface area (Å²) in [4.78, 5) is 22.3. The molecular weight excluding hydrogens is 368 g/mol. The van der Waals surface area contributed by atoms with Crippen molar-refractivity contribution in [3.63, 3.8) is 0 Å². The van der Waals surface area contributed by atoms with E-state index in [4.69, 9.17) is 21.1 Å². The number of nitrogens with one attached hydrogen (secondary N) is 1. The molecule has 1 fully saturated rings. The van der Waals surface area contributed by atoms with E-state index in [0.29, 0.717) is 18.1 Å². The lowest BCUT2D eigenvalue weighted by Crippen LogP contribution is -2.49. The van der Waals surface area contributed by atoms with Crippen molar-refractivity contribution in [1.29, 1.82) is 0 Å². The van der Waals surface area contributed by atoms with Gasteiger partial charge in [-0.25, -0.2) is 14.8 Å². The number of carbonyl (C=O) groups is 1. The SMILES string of the molecule is COc1ccc(CCNC(=O)N2CCCC(Oc3ncc(Cl)cn3)C2)cc1. The number of ether oxygens (including phenoxy) is 2. The Kier molecular flexibility index (Phi) is 6.70. The first-order chi connectivity index (χ1) is 13.1. The molecule has 0 aliphatic carbocycles. The lowest BCUT2D eigenvalue weighted by Gasteiger charge is -2.32. The molecular formula is C19H23ClN4O3. The lowest BCUT2D eigenvalue weighted by atomic mass is 10.1. The molecule has 0 radical (unpaired) electrons. The fourth-order valence-electron chi connectivity index (χ4n) is 2.95. The Balaban J connectivity index is 1.44. The number of urea groups is 1. The molecule has 0 spiro atoms. The Labute approximate surface area is 163 Å². The number of amides is 2. The van der Waals surface area contributed by atoms with Gasteiger partial charge in [0.1, 0.15) is 11.9 Å². The van der Waals surface area contributed by atoms with Crippen molar-refractivity contribution in [3.8, 4) is 11.8 Å².